The maximum Gasteiger partial charge on any atom is 0.416 e. The standard InChI is InChI=1S/C17H13F4NO3/c18-13-7-2-1-4-10(13)9-14(16(24)25)22-15(23)11-5-3-6-12(8-11)17(19,20)21/h1-8,14H,9H2,(H,22,23)(H,24,25)/t14-/m0/s1. The minimum atomic E-state index is -4.63. The molecular formula is C17H13F4NO3. The number of hydrogen-bond acceptors (Lipinski definition) is 2. The van der Waals surface area contributed by atoms with Gasteiger partial charge in [0.15, 0.2) is 0 Å². The van der Waals surface area contributed by atoms with Crippen molar-refractivity contribution in [2.75, 3.05) is 0 Å². The molecule has 8 heteroatoms. The van der Waals surface area contributed by atoms with Crippen LogP contribution in [0.1, 0.15) is 21.5 Å². The van der Waals surface area contributed by atoms with Crippen LogP contribution in [0.3, 0.4) is 0 Å². The number of alkyl halides is 3. The highest BCUT2D eigenvalue weighted by molar-refractivity contribution is 5.96. The number of nitrogens with one attached hydrogen (secondary N) is 1. The van der Waals surface area contributed by atoms with Gasteiger partial charge >= 0.3 is 12.1 Å². The van der Waals surface area contributed by atoms with Crippen LogP contribution in [0, 0.1) is 5.82 Å². The number of halogens is 4. The second kappa shape index (κ2) is 7.33. The second-order valence-electron chi connectivity index (χ2n) is 5.24. The molecule has 132 valence electrons. The van der Waals surface area contributed by atoms with E-state index in [4.69, 9.17) is 0 Å². The molecule has 0 spiro atoms. The Morgan fingerprint density at radius 3 is 2.36 bits per heavy atom. The van der Waals surface area contributed by atoms with Gasteiger partial charge in [0.05, 0.1) is 5.56 Å². The molecule has 1 atom stereocenters. The molecule has 25 heavy (non-hydrogen) atoms. The Balaban J connectivity index is 2.18. The summed E-state index contributed by atoms with van der Waals surface area (Å²) in [5.74, 6) is -3.06. The lowest BCUT2D eigenvalue weighted by atomic mass is 10.0. The van der Waals surface area contributed by atoms with E-state index in [1.165, 1.54) is 18.2 Å². The first kappa shape index (κ1) is 18.4. The fraction of sp³-hybridized carbons (Fsp3) is 0.176. The van der Waals surface area contributed by atoms with Crippen molar-refractivity contribution in [3.8, 4) is 0 Å². The molecule has 0 aliphatic carbocycles. The van der Waals surface area contributed by atoms with E-state index in [1.54, 1.807) is 0 Å². The SMILES string of the molecule is O=C(N[C@@H](Cc1ccccc1F)C(=O)O)c1cccc(C(F)(F)F)c1. The predicted molar refractivity (Wildman–Crippen MR) is 80.4 cm³/mol. The summed E-state index contributed by atoms with van der Waals surface area (Å²) in [6.45, 7) is 0. The van der Waals surface area contributed by atoms with Crippen molar-refractivity contribution in [2.45, 2.75) is 18.6 Å². The molecule has 0 aliphatic heterocycles. The number of benzene rings is 2. The maximum absolute atomic E-state index is 13.6. The monoisotopic (exact) mass is 355 g/mol. The van der Waals surface area contributed by atoms with Crippen LogP contribution in [0.15, 0.2) is 48.5 Å². The first-order valence-corrected chi connectivity index (χ1v) is 7.13. The second-order valence-corrected chi connectivity index (χ2v) is 5.24. The average molecular weight is 355 g/mol. The fourth-order valence-electron chi connectivity index (χ4n) is 2.16. The summed E-state index contributed by atoms with van der Waals surface area (Å²) in [5, 5.41) is 11.3. The predicted octanol–water partition coefficient (Wildman–Crippen LogP) is 3.27. The number of carboxylic acid groups (broad SMARTS) is 1. The van der Waals surface area contributed by atoms with Gasteiger partial charge in [-0.05, 0) is 29.8 Å². The molecule has 2 N–H and O–H groups in total. The summed E-state index contributed by atoms with van der Waals surface area (Å²) in [6.07, 6.45) is -4.97. The van der Waals surface area contributed by atoms with Gasteiger partial charge in [0.2, 0.25) is 0 Å². The van der Waals surface area contributed by atoms with Crippen LogP contribution in [-0.2, 0) is 17.4 Å². The zero-order chi connectivity index (χ0) is 18.6. The lowest BCUT2D eigenvalue weighted by Crippen LogP contribution is -2.42. The van der Waals surface area contributed by atoms with Crippen molar-refractivity contribution in [3.63, 3.8) is 0 Å². The Hall–Kier alpha value is -2.90. The first-order chi connectivity index (χ1) is 11.7. The quantitative estimate of drug-likeness (QED) is 0.809. The fourth-order valence-corrected chi connectivity index (χ4v) is 2.16. The van der Waals surface area contributed by atoms with E-state index in [9.17, 15) is 32.3 Å². The van der Waals surface area contributed by atoms with Crippen molar-refractivity contribution >= 4 is 11.9 Å². The molecule has 0 heterocycles. The van der Waals surface area contributed by atoms with Crippen molar-refractivity contribution in [3.05, 3.63) is 71.0 Å². The van der Waals surface area contributed by atoms with Crippen molar-refractivity contribution in [1.82, 2.24) is 5.32 Å². The molecule has 4 nitrogen and oxygen atoms in total. The van der Waals surface area contributed by atoms with Crippen LogP contribution >= 0.6 is 0 Å². The number of carboxylic acids is 1. The van der Waals surface area contributed by atoms with E-state index in [0.29, 0.717) is 6.07 Å². The van der Waals surface area contributed by atoms with Gasteiger partial charge in [-0.2, -0.15) is 13.2 Å². The minimum Gasteiger partial charge on any atom is -0.480 e. The molecule has 0 aliphatic rings. The molecule has 0 bridgehead atoms. The van der Waals surface area contributed by atoms with E-state index in [0.717, 1.165) is 24.3 Å². The number of hydrogen-bond donors (Lipinski definition) is 2. The van der Waals surface area contributed by atoms with Crippen molar-refractivity contribution in [1.29, 1.82) is 0 Å². The van der Waals surface area contributed by atoms with Crippen molar-refractivity contribution < 1.29 is 32.3 Å². The zero-order valence-electron chi connectivity index (χ0n) is 12.7. The van der Waals surface area contributed by atoms with Crippen LogP contribution in [-0.4, -0.2) is 23.0 Å². The van der Waals surface area contributed by atoms with Gasteiger partial charge in [0.25, 0.3) is 5.91 Å². The average Bonchev–Trinajstić information content (AvgIpc) is 2.55. The molecule has 0 unspecified atom stereocenters. The Bertz CT molecular complexity index is 789. The maximum atomic E-state index is 13.6. The van der Waals surface area contributed by atoms with Gasteiger partial charge in [-0.25, -0.2) is 9.18 Å². The molecule has 0 aromatic heterocycles. The molecule has 0 saturated heterocycles. The third-order valence-electron chi connectivity index (χ3n) is 3.44. The Labute approximate surface area is 140 Å². The molecule has 1 amide bonds. The molecule has 0 fully saturated rings. The van der Waals surface area contributed by atoms with Crippen LogP contribution < -0.4 is 5.32 Å². The number of rotatable bonds is 5. The van der Waals surface area contributed by atoms with E-state index in [1.807, 2.05) is 0 Å². The summed E-state index contributed by atoms with van der Waals surface area (Å²) in [7, 11) is 0. The van der Waals surface area contributed by atoms with Gasteiger partial charge in [-0.3, -0.25) is 4.79 Å². The summed E-state index contributed by atoms with van der Waals surface area (Å²) in [5.41, 5.74) is -1.30. The largest absolute Gasteiger partial charge is 0.480 e. The number of amides is 1. The number of carbonyl (C=O) groups is 2. The van der Waals surface area contributed by atoms with Gasteiger partial charge in [0.1, 0.15) is 11.9 Å². The van der Waals surface area contributed by atoms with Crippen molar-refractivity contribution in [2.24, 2.45) is 0 Å². The molecule has 0 saturated carbocycles. The molecule has 0 radical (unpaired) electrons. The van der Waals surface area contributed by atoms with E-state index >= 15 is 0 Å². The number of aliphatic carboxylic acids is 1. The molecule has 2 aromatic carbocycles. The molecule has 2 aromatic rings. The third-order valence-corrected chi connectivity index (χ3v) is 3.44. The van der Waals surface area contributed by atoms with Gasteiger partial charge in [0, 0.05) is 12.0 Å². The van der Waals surface area contributed by atoms with Gasteiger partial charge < -0.3 is 10.4 Å². The summed E-state index contributed by atoms with van der Waals surface area (Å²) in [4.78, 5) is 23.4. The zero-order valence-corrected chi connectivity index (χ0v) is 12.7. The highest BCUT2D eigenvalue weighted by Crippen LogP contribution is 2.29. The van der Waals surface area contributed by atoms with E-state index in [2.05, 4.69) is 5.32 Å². The lowest BCUT2D eigenvalue weighted by molar-refractivity contribution is -0.139. The van der Waals surface area contributed by atoms with E-state index < -0.39 is 35.5 Å². The molecule has 2 rings (SSSR count). The van der Waals surface area contributed by atoms with Crippen LogP contribution in [0.25, 0.3) is 0 Å². The van der Waals surface area contributed by atoms with Gasteiger partial charge in [-0.15, -0.1) is 0 Å². The first-order valence-electron chi connectivity index (χ1n) is 7.13. The van der Waals surface area contributed by atoms with Crippen LogP contribution in [0.5, 0.6) is 0 Å². The van der Waals surface area contributed by atoms with E-state index in [-0.39, 0.29) is 17.5 Å². The topological polar surface area (TPSA) is 66.4 Å². The third kappa shape index (κ3) is 4.79. The summed E-state index contributed by atoms with van der Waals surface area (Å²) >= 11 is 0. The Kier molecular flexibility index (Phi) is 5.41. The Morgan fingerprint density at radius 2 is 1.76 bits per heavy atom. The van der Waals surface area contributed by atoms with Crippen LogP contribution in [0.2, 0.25) is 0 Å². The smallest absolute Gasteiger partial charge is 0.416 e. The molecular weight excluding hydrogens is 342 g/mol. The minimum absolute atomic E-state index is 0.0687. The lowest BCUT2D eigenvalue weighted by Gasteiger charge is -2.16. The van der Waals surface area contributed by atoms with Crippen LogP contribution in [0.4, 0.5) is 17.6 Å². The highest BCUT2D eigenvalue weighted by atomic mass is 19.4. The number of carbonyl (C=O) groups excluding carboxylic acids is 1. The highest BCUT2D eigenvalue weighted by Gasteiger charge is 2.31. The summed E-state index contributed by atoms with van der Waals surface area (Å²) in [6, 6.07) is 7.55. The van der Waals surface area contributed by atoms with Gasteiger partial charge in [-0.1, -0.05) is 24.3 Å². The summed E-state index contributed by atoms with van der Waals surface area (Å²) < 4.78 is 51.7. The normalized spacial score (nSPS) is 12.5. The Morgan fingerprint density at radius 1 is 1.08 bits per heavy atom.